The molecule has 1 N–H and O–H groups in total. The lowest BCUT2D eigenvalue weighted by Crippen LogP contribution is -2.22. The van der Waals surface area contributed by atoms with Crippen LogP contribution in [0.2, 0.25) is 0 Å². The lowest BCUT2D eigenvalue weighted by Gasteiger charge is -2.21. The van der Waals surface area contributed by atoms with Crippen molar-refractivity contribution in [1.29, 1.82) is 0 Å². The maximum absolute atomic E-state index is 13.5. The Balaban J connectivity index is 2.13. The van der Waals surface area contributed by atoms with Crippen molar-refractivity contribution in [3.63, 3.8) is 0 Å². The van der Waals surface area contributed by atoms with Crippen LogP contribution in [-0.4, -0.2) is 5.60 Å². The van der Waals surface area contributed by atoms with Crippen LogP contribution in [0.1, 0.15) is 20.8 Å². The molecular formula is C16H17F2NO. The van der Waals surface area contributed by atoms with Crippen molar-refractivity contribution in [2.45, 2.75) is 26.4 Å². The van der Waals surface area contributed by atoms with E-state index in [1.807, 2.05) is 20.8 Å². The van der Waals surface area contributed by atoms with Crippen molar-refractivity contribution in [1.82, 2.24) is 0 Å². The SMILES string of the molecule is CC(C)(C)Oc1ccc(Nc2cc(F)ccc2F)cc1. The van der Waals surface area contributed by atoms with Crippen LogP contribution in [0.3, 0.4) is 0 Å². The largest absolute Gasteiger partial charge is 0.488 e. The summed E-state index contributed by atoms with van der Waals surface area (Å²) in [5.74, 6) is -0.259. The van der Waals surface area contributed by atoms with Gasteiger partial charge in [-0.25, -0.2) is 8.78 Å². The fourth-order valence-electron chi connectivity index (χ4n) is 1.71. The Morgan fingerprint density at radius 3 is 2.20 bits per heavy atom. The highest BCUT2D eigenvalue weighted by molar-refractivity contribution is 5.60. The van der Waals surface area contributed by atoms with Gasteiger partial charge in [-0.2, -0.15) is 0 Å². The molecule has 0 amide bonds. The molecular weight excluding hydrogens is 260 g/mol. The maximum atomic E-state index is 13.5. The highest BCUT2D eigenvalue weighted by Gasteiger charge is 2.11. The van der Waals surface area contributed by atoms with Crippen LogP contribution in [0.4, 0.5) is 20.2 Å². The van der Waals surface area contributed by atoms with Crippen molar-refractivity contribution in [3.05, 3.63) is 54.1 Å². The molecule has 0 aromatic heterocycles. The Bertz CT molecular complexity index is 588. The zero-order valence-corrected chi connectivity index (χ0v) is 11.7. The molecule has 0 saturated heterocycles. The molecule has 0 fully saturated rings. The average molecular weight is 277 g/mol. The molecule has 0 heterocycles. The summed E-state index contributed by atoms with van der Waals surface area (Å²) < 4.78 is 32.3. The van der Waals surface area contributed by atoms with Crippen molar-refractivity contribution in [2.75, 3.05) is 5.32 Å². The third kappa shape index (κ3) is 3.95. The first-order chi connectivity index (χ1) is 9.33. The number of rotatable bonds is 3. The predicted molar refractivity (Wildman–Crippen MR) is 76.5 cm³/mol. The number of hydrogen-bond donors (Lipinski definition) is 1. The van der Waals surface area contributed by atoms with Gasteiger partial charge in [0.1, 0.15) is 23.0 Å². The number of hydrogen-bond acceptors (Lipinski definition) is 2. The van der Waals surface area contributed by atoms with Crippen LogP contribution < -0.4 is 10.1 Å². The molecule has 4 heteroatoms. The first kappa shape index (κ1) is 14.3. The summed E-state index contributed by atoms with van der Waals surface area (Å²) in [7, 11) is 0. The van der Waals surface area contributed by atoms with Gasteiger partial charge in [0.25, 0.3) is 0 Å². The van der Waals surface area contributed by atoms with Crippen LogP contribution in [0.15, 0.2) is 42.5 Å². The number of ether oxygens (including phenoxy) is 1. The molecule has 2 aromatic carbocycles. The molecule has 2 nitrogen and oxygen atoms in total. The van der Waals surface area contributed by atoms with E-state index in [9.17, 15) is 8.78 Å². The maximum Gasteiger partial charge on any atom is 0.146 e. The van der Waals surface area contributed by atoms with Crippen LogP contribution in [0.5, 0.6) is 5.75 Å². The standard InChI is InChI=1S/C16H17F2NO/c1-16(2,3)20-13-7-5-12(6-8-13)19-15-10-11(17)4-9-14(15)18/h4-10,19H,1-3H3. The van der Waals surface area contributed by atoms with E-state index in [-0.39, 0.29) is 11.3 Å². The second-order valence-corrected chi connectivity index (χ2v) is 5.49. The quantitative estimate of drug-likeness (QED) is 0.862. The number of benzene rings is 2. The molecule has 0 aliphatic rings. The molecule has 0 bridgehead atoms. The van der Waals surface area contributed by atoms with Gasteiger partial charge in [0.15, 0.2) is 0 Å². The first-order valence-electron chi connectivity index (χ1n) is 6.35. The van der Waals surface area contributed by atoms with Crippen LogP contribution >= 0.6 is 0 Å². The van der Waals surface area contributed by atoms with E-state index in [4.69, 9.17) is 4.74 Å². The highest BCUT2D eigenvalue weighted by atomic mass is 19.1. The molecule has 0 unspecified atom stereocenters. The Morgan fingerprint density at radius 2 is 1.60 bits per heavy atom. The summed E-state index contributed by atoms with van der Waals surface area (Å²) in [4.78, 5) is 0. The van der Waals surface area contributed by atoms with Gasteiger partial charge in [-0.15, -0.1) is 0 Å². The summed E-state index contributed by atoms with van der Waals surface area (Å²) in [5.41, 5.74) is 0.495. The fraction of sp³-hybridized carbons (Fsp3) is 0.250. The minimum absolute atomic E-state index is 0.106. The Labute approximate surface area is 117 Å². The minimum Gasteiger partial charge on any atom is -0.488 e. The summed E-state index contributed by atoms with van der Waals surface area (Å²) in [5, 5.41) is 2.83. The molecule has 0 radical (unpaired) electrons. The zero-order valence-electron chi connectivity index (χ0n) is 11.7. The third-order valence-electron chi connectivity index (χ3n) is 2.49. The predicted octanol–water partition coefficient (Wildman–Crippen LogP) is 4.89. The van der Waals surface area contributed by atoms with Crippen LogP contribution in [-0.2, 0) is 0 Å². The van der Waals surface area contributed by atoms with E-state index >= 15 is 0 Å². The van der Waals surface area contributed by atoms with E-state index in [0.717, 1.165) is 23.9 Å². The third-order valence-corrected chi connectivity index (χ3v) is 2.49. The molecule has 0 atom stereocenters. The second-order valence-electron chi connectivity index (χ2n) is 5.49. The van der Waals surface area contributed by atoms with Gasteiger partial charge in [0.05, 0.1) is 5.69 Å². The topological polar surface area (TPSA) is 21.3 Å². The Kier molecular flexibility index (Phi) is 3.93. The fourth-order valence-corrected chi connectivity index (χ4v) is 1.71. The first-order valence-corrected chi connectivity index (χ1v) is 6.35. The zero-order chi connectivity index (χ0) is 14.8. The molecule has 2 rings (SSSR count). The van der Waals surface area contributed by atoms with Gasteiger partial charge >= 0.3 is 0 Å². The van der Waals surface area contributed by atoms with Crippen molar-refractivity contribution >= 4 is 11.4 Å². The van der Waals surface area contributed by atoms with Gasteiger partial charge in [0.2, 0.25) is 0 Å². The molecule has 106 valence electrons. The van der Waals surface area contributed by atoms with E-state index < -0.39 is 11.6 Å². The van der Waals surface area contributed by atoms with E-state index in [1.54, 1.807) is 24.3 Å². The summed E-state index contributed by atoms with van der Waals surface area (Å²) in [6.45, 7) is 5.88. The van der Waals surface area contributed by atoms with Gasteiger partial charge in [0, 0.05) is 11.8 Å². The van der Waals surface area contributed by atoms with Crippen molar-refractivity contribution in [3.8, 4) is 5.75 Å². The van der Waals surface area contributed by atoms with Gasteiger partial charge < -0.3 is 10.1 Å². The minimum atomic E-state index is -0.499. The van der Waals surface area contributed by atoms with Gasteiger partial charge in [-0.05, 0) is 57.2 Å². The van der Waals surface area contributed by atoms with E-state index in [1.165, 1.54) is 0 Å². The summed E-state index contributed by atoms with van der Waals surface area (Å²) >= 11 is 0. The second kappa shape index (κ2) is 5.49. The molecule has 0 aliphatic heterocycles. The van der Waals surface area contributed by atoms with E-state index in [0.29, 0.717) is 5.69 Å². The molecule has 0 spiro atoms. The molecule has 0 saturated carbocycles. The smallest absolute Gasteiger partial charge is 0.146 e. The lowest BCUT2D eigenvalue weighted by molar-refractivity contribution is 0.131. The van der Waals surface area contributed by atoms with Crippen LogP contribution in [0.25, 0.3) is 0 Å². The monoisotopic (exact) mass is 277 g/mol. The van der Waals surface area contributed by atoms with Gasteiger partial charge in [-0.1, -0.05) is 0 Å². The average Bonchev–Trinajstić information content (AvgIpc) is 2.34. The number of anilines is 2. The molecule has 20 heavy (non-hydrogen) atoms. The van der Waals surface area contributed by atoms with E-state index in [2.05, 4.69) is 5.32 Å². The Hall–Kier alpha value is -2.10. The molecule has 2 aromatic rings. The lowest BCUT2D eigenvalue weighted by atomic mass is 10.2. The van der Waals surface area contributed by atoms with Gasteiger partial charge in [-0.3, -0.25) is 0 Å². The number of nitrogens with one attached hydrogen (secondary N) is 1. The van der Waals surface area contributed by atoms with Crippen molar-refractivity contribution < 1.29 is 13.5 Å². The summed E-state index contributed by atoms with van der Waals surface area (Å²) in [6, 6.07) is 10.4. The Morgan fingerprint density at radius 1 is 0.950 bits per heavy atom. The molecule has 0 aliphatic carbocycles. The highest BCUT2D eigenvalue weighted by Crippen LogP contribution is 2.24. The number of halogens is 2. The summed E-state index contributed by atoms with van der Waals surface area (Å²) in [6.07, 6.45) is 0. The van der Waals surface area contributed by atoms with Crippen molar-refractivity contribution in [2.24, 2.45) is 0 Å². The van der Waals surface area contributed by atoms with Crippen LogP contribution in [0, 0.1) is 11.6 Å². The normalized spacial score (nSPS) is 11.2.